The molecule has 30 heavy (non-hydrogen) atoms. The first-order valence-corrected chi connectivity index (χ1v) is 9.85. The molecule has 1 fully saturated rings. The van der Waals surface area contributed by atoms with Crippen LogP contribution in [0.5, 0.6) is 5.75 Å². The lowest BCUT2D eigenvalue weighted by Gasteiger charge is -2.37. The van der Waals surface area contributed by atoms with Crippen LogP contribution in [0.3, 0.4) is 0 Å². The molecule has 2 aromatic carbocycles. The molecule has 2 aromatic rings. The van der Waals surface area contributed by atoms with Crippen LogP contribution in [0.15, 0.2) is 42.5 Å². The minimum Gasteiger partial charge on any atom is -0.482 e. The molecule has 0 aromatic heterocycles. The van der Waals surface area contributed by atoms with Crippen LogP contribution in [-0.4, -0.2) is 56.2 Å². The van der Waals surface area contributed by atoms with Crippen LogP contribution in [0.4, 0.5) is 5.69 Å². The Morgan fingerprint density at radius 2 is 1.70 bits per heavy atom. The molecule has 0 N–H and O–H groups in total. The molecule has 0 radical (unpaired) electrons. The monoisotopic (exact) mass is 407 g/mol. The quantitative estimate of drug-likeness (QED) is 0.684. The molecule has 1 heterocycles. The normalized spacial score (nSPS) is 13.5. The van der Waals surface area contributed by atoms with Crippen LogP contribution < -0.4 is 9.64 Å². The summed E-state index contributed by atoms with van der Waals surface area (Å²) in [5.41, 5.74) is 4.22. The van der Waals surface area contributed by atoms with E-state index in [4.69, 9.17) is 14.7 Å². The summed E-state index contributed by atoms with van der Waals surface area (Å²) in [7, 11) is 0. The molecular formula is C23H25N3O4. The number of ether oxygens (including phenoxy) is 2. The Labute approximate surface area is 176 Å². The first-order chi connectivity index (χ1) is 14.5. The van der Waals surface area contributed by atoms with E-state index < -0.39 is 5.97 Å². The van der Waals surface area contributed by atoms with Gasteiger partial charge in [0, 0.05) is 31.9 Å². The van der Waals surface area contributed by atoms with Crippen molar-refractivity contribution in [2.45, 2.75) is 13.8 Å². The van der Waals surface area contributed by atoms with Gasteiger partial charge in [-0.15, -0.1) is 0 Å². The lowest BCUT2D eigenvalue weighted by atomic mass is 10.1. The molecule has 156 valence electrons. The van der Waals surface area contributed by atoms with Crippen molar-refractivity contribution < 1.29 is 19.1 Å². The zero-order valence-corrected chi connectivity index (χ0v) is 17.3. The number of benzene rings is 2. The highest BCUT2D eigenvalue weighted by atomic mass is 16.6. The van der Waals surface area contributed by atoms with E-state index in [0.29, 0.717) is 24.4 Å². The topological polar surface area (TPSA) is 82.9 Å². The molecule has 0 aliphatic carbocycles. The first-order valence-electron chi connectivity index (χ1n) is 9.85. The Hall–Kier alpha value is -3.53. The molecule has 0 atom stereocenters. The number of hydrogen-bond acceptors (Lipinski definition) is 6. The van der Waals surface area contributed by atoms with Crippen molar-refractivity contribution >= 4 is 17.6 Å². The van der Waals surface area contributed by atoms with Gasteiger partial charge in [0.2, 0.25) is 0 Å². The summed E-state index contributed by atoms with van der Waals surface area (Å²) in [6.45, 7) is 6.28. The molecule has 1 aliphatic rings. The number of aryl methyl sites for hydroxylation is 1. The third-order valence-corrected chi connectivity index (χ3v) is 5.25. The summed E-state index contributed by atoms with van der Waals surface area (Å²) < 4.78 is 10.4. The van der Waals surface area contributed by atoms with Gasteiger partial charge in [-0.1, -0.05) is 12.1 Å². The third kappa shape index (κ3) is 5.29. The molecule has 3 rings (SSSR count). The second-order valence-electron chi connectivity index (χ2n) is 7.17. The highest BCUT2D eigenvalue weighted by molar-refractivity contribution is 5.81. The smallest absolute Gasteiger partial charge is 0.344 e. The average molecular weight is 407 g/mol. The van der Waals surface area contributed by atoms with Crippen LogP contribution in [0, 0.1) is 25.2 Å². The van der Waals surface area contributed by atoms with Gasteiger partial charge in [0.15, 0.2) is 13.2 Å². The molecule has 1 aliphatic heterocycles. The van der Waals surface area contributed by atoms with Crippen LogP contribution in [0.2, 0.25) is 0 Å². The molecule has 7 heteroatoms. The van der Waals surface area contributed by atoms with Crippen molar-refractivity contribution in [2.24, 2.45) is 0 Å². The minimum atomic E-state index is -0.610. The number of anilines is 1. The summed E-state index contributed by atoms with van der Waals surface area (Å²) >= 11 is 0. The summed E-state index contributed by atoms with van der Waals surface area (Å²) in [6.07, 6.45) is 0. The maximum Gasteiger partial charge on any atom is 0.344 e. The Balaban J connectivity index is 1.40. The SMILES string of the molecule is Cc1cccc(N2CCN(C(=O)COC(=O)COc3ccc(C#N)cc3)CC2)c1C. The van der Waals surface area contributed by atoms with Gasteiger partial charge in [-0.05, 0) is 55.3 Å². The lowest BCUT2D eigenvalue weighted by Crippen LogP contribution is -2.50. The van der Waals surface area contributed by atoms with Gasteiger partial charge in [0.25, 0.3) is 5.91 Å². The first kappa shape index (κ1) is 21.2. The van der Waals surface area contributed by atoms with Gasteiger partial charge in [0.05, 0.1) is 11.6 Å². The Bertz CT molecular complexity index is 942. The average Bonchev–Trinajstić information content (AvgIpc) is 2.78. The number of piperazine rings is 1. The second kappa shape index (κ2) is 9.79. The number of rotatable bonds is 6. The number of carbonyl (C=O) groups is 2. The van der Waals surface area contributed by atoms with E-state index in [1.165, 1.54) is 16.8 Å². The van der Waals surface area contributed by atoms with Crippen molar-refractivity contribution in [3.8, 4) is 11.8 Å². The van der Waals surface area contributed by atoms with E-state index in [9.17, 15) is 9.59 Å². The molecule has 0 unspecified atom stereocenters. The van der Waals surface area contributed by atoms with E-state index in [-0.39, 0.29) is 19.1 Å². The zero-order chi connectivity index (χ0) is 21.5. The summed E-state index contributed by atoms with van der Waals surface area (Å²) in [5.74, 6) is -0.357. The molecule has 0 spiro atoms. The minimum absolute atomic E-state index is 0.206. The van der Waals surface area contributed by atoms with Gasteiger partial charge >= 0.3 is 5.97 Å². The number of nitriles is 1. The standard InChI is InChI=1S/C23H25N3O4/c1-17-4-3-5-21(18(17)2)25-10-12-26(13-11-25)22(27)15-30-23(28)16-29-20-8-6-19(14-24)7-9-20/h3-9H,10-13,15-16H2,1-2H3. The van der Waals surface area contributed by atoms with E-state index in [1.54, 1.807) is 29.2 Å². The summed E-state index contributed by atoms with van der Waals surface area (Å²) in [5, 5.41) is 8.77. The summed E-state index contributed by atoms with van der Waals surface area (Å²) in [6, 6.07) is 14.7. The fourth-order valence-corrected chi connectivity index (χ4v) is 3.32. The molecule has 0 saturated carbocycles. The van der Waals surface area contributed by atoms with Crippen molar-refractivity contribution in [1.82, 2.24) is 4.90 Å². The zero-order valence-electron chi connectivity index (χ0n) is 17.3. The van der Waals surface area contributed by atoms with Crippen LogP contribution in [-0.2, 0) is 14.3 Å². The second-order valence-corrected chi connectivity index (χ2v) is 7.17. The van der Waals surface area contributed by atoms with E-state index in [0.717, 1.165) is 13.1 Å². The number of nitrogens with zero attached hydrogens (tertiary/aromatic N) is 3. The highest BCUT2D eigenvalue weighted by Gasteiger charge is 2.23. The van der Waals surface area contributed by atoms with Crippen LogP contribution in [0.25, 0.3) is 0 Å². The Morgan fingerprint density at radius 1 is 1.00 bits per heavy atom. The van der Waals surface area contributed by atoms with Crippen molar-refractivity contribution in [3.05, 3.63) is 59.2 Å². The van der Waals surface area contributed by atoms with Gasteiger partial charge in [-0.25, -0.2) is 4.79 Å². The molecule has 1 amide bonds. The van der Waals surface area contributed by atoms with Gasteiger partial charge in [-0.2, -0.15) is 5.26 Å². The molecule has 7 nitrogen and oxygen atoms in total. The van der Waals surface area contributed by atoms with Crippen molar-refractivity contribution in [2.75, 3.05) is 44.3 Å². The van der Waals surface area contributed by atoms with E-state index in [1.807, 2.05) is 6.07 Å². The number of esters is 1. The Kier molecular flexibility index (Phi) is 6.91. The molecular weight excluding hydrogens is 382 g/mol. The van der Waals surface area contributed by atoms with Gasteiger partial charge in [0.1, 0.15) is 5.75 Å². The predicted molar refractivity (Wildman–Crippen MR) is 112 cm³/mol. The number of carbonyl (C=O) groups excluding carboxylic acids is 2. The van der Waals surface area contributed by atoms with Crippen molar-refractivity contribution in [3.63, 3.8) is 0 Å². The van der Waals surface area contributed by atoms with Crippen molar-refractivity contribution in [1.29, 1.82) is 5.26 Å². The molecule has 0 bridgehead atoms. The lowest BCUT2D eigenvalue weighted by molar-refractivity contribution is -0.153. The van der Waals surface area contributed by atoms with Gasteiger partial charge in [-0.3, -0.25) is 4.79 Å². The fourth-order valence-electron chi connectivity index (χ4n) is 3.32. The van der Waals surface area contributed by atoms with Crippen LogP contribution >= 0.6 is 0 Å². The molecule has 1 saturated heterocycles. The van der Waals surface area contributed by atoms with E-state index in [2.05, 4.69) is 36.9 Å². The maximum atomic E-state index is 12.4. The highest BCUT2D eigenvalue weighted by Crippen LogP contribution is 2.23. The third-order valence-electron chi connectivity index (χ3n) is 5.25. The Morgan fingerprint density at radius 3 is 2.37 bits per heavy atom. The number of amides is 1. The fraction of sp³-hybridized carbons (Fsp3) is 0.348. The van der Waals surface area contributed by atoms with E-state index >= 15 is 0 Å². The van der Waals surface area contributed by atoms with Crippen LogP contribution in [0.1, 0.15) is 16.7 Å². The summed E-state index contributed by atoms with van der Waals surface area (Å²) in [4.78, 5) is 28.2. The maximum absolute atomic E-state index is 12.4. The van der Waals surface area contributed by atoms with Gasteiger partial charge < -0.3 is 19.3 Å². The number of hydrogen-bond donors (Lipinski definition) is 0. The predicted octanol–water partition coefficient (Wildman–Crippen LogP) is 2.45. The largest absolute Gasteiger partial charge is 0.482 e.